The third-order valence-corrected chi connectivity index (χ3v) is 8.03. The Morgan fingerprint density at radius 3 is 2.50 bits per heavy atom. The Labute approximate surface area is 189 Å². The van der Waals surface area contributed by atoms with Crippen molar-refractivity contribution < 1.29 is 24.2 Å². The molecule has 1 unspecified atom stereocenters. The summed E-state index contributed by atoms with van der Waals surface area (Å²) in [5, 5.41) is 10.9. The Morgan fingerprint density at radius 1 is 1.06 bits per heavy atom. The number of cyclic esters (lactones) is 2. The van der Waals surface area contributed by atoms with E-state index in [1.165, 1.54) is 0 Å². The zero-order valence-electron chi connectivity index (χ0n) is 18.8. The molecule has 0 amide bonds. The number of ether oxygens (including phenoxy) is 2. The van der Waals surface area contributed by atoms with Crippen molar-refractivity contribution in [3.63, 3.8) is 0 Å². The summed E-state index contributed by atoms with van der Waals surface area (Å²) in [6.45, 7) is 7.41. The zero-order valence-corrected chi connectivity index (χ0v) is 18.8. The standard InChI is InChI=1S/C25H32N2O5/c1-17-19(2-3-20-21(17)16-32-24(20)30)22(28)15-26-9-5-25(6-10-26)7-11-27(12-8-25)18-4-13-31-23(29)14-18/h2-3,14,22,28H,4-13,15-16H2,1H3. The van der Waals surface area contributed by atoms with Gasteiger partial charge in [0, 0.05) is 43.4 Å². The smallest absolute Gasteiger partial charge is 0.338 e. The van der Waals surface area contributed by atoms with Crippen molar-refractivity contribution >= 4 is 11.9 Å². The fourth-order valence-corrected chi connectivity index (χ4v) is 5.81. The number of nitrogens with zero attached hydrogens (tertiary/aromatic N) is 2. The Bertz CT molecular complexity index is 938. The van der Waals surface area contributed by atoms with Crippen LogP contribution in [-0.4, -0.2) is 66.2 Å². The van der Waals surface area contributed by atoms with Gasteiger partial charge in [0.05, 0.1) is 18.3 Å². The van der Waals surface area contributed by atoms with Crippen LogP contribution < -0.4 is 0 Å². The summed E-state index contributed by atoms with van der Waals surface area (Å²) < 4.78 is 10.2. The first-order chi connectivity index (χ1) is 15.4. The molecule has 2 saturated heterocycles. The van der Waals surface area contributed by atoms with Crippen molar-refractivity contribution in [3.05, 3.63) is 46.2 Å². The minimum absolute atomic E-state index is 0.212. The van der Waals surface area contributed by atoms with Gasteiger partial charge in [0.2, 0.25) is 0 Å². The summed E-state index contributed by atoms with van der Waals surface area (Å²) in [5.74, 6) is -0.479. The van der Waals surface area contributed by atoms with E-state index in [0.717, 1.165) is 80.7 Å². The normalized spacial score (nSPS) is 24.1. The summed E-state index contributed by atoms with van der Waals surface area (Å²) in [7, 11) is 0. The molecule has 7 heteroatoms. The Balaban J connectivity index is 1.15. The molecule has 5 rings (SSSR count). The maximum atomic E-state index is 11.8. The van der Waals surface area contributed by atoms with E-state index in [2.05, 4.69) is 9.80 Å². The molecule has 0 aromatic heterocycles. The Morgan fingerprint density at radius 2 is 1.78 bits per heavy atom. The van der Waals surface area contributed by atoms with Crippen LogP contribution in [-0.2, 0) is 20.9 Å². The molecular formula is C25H32N2O5. The average molecular weight is 441 g/mol. The molecule has 1 atom stereocenters. The van der Waals surface area contributed by atoms with E-state index < -0.39 is 6.10 Å². The molecule has 1 aromatic rings. The van der Waals surface area contributed by atoms with Crippen LogP contribution in [0.1, 0.15) is 65.3 Å². The van der Waals surface area contributed by atoms with Crippen molar-refractivity contribution in [1.82, 2.24) is 9.80 Å². The lowest BCUT2D eigenvalue weighted by Crippen LogP contribution is -2.47. The number of rotatable bonds is 4. The summed E-state index contributed by atoms with van der Waals surface area (Å²) >= 11 is 0. The predicted molar refractivity (Wildman–Crippen MR) is 118 cm³/mol. The van der Waals surface area contributed by atoms with Gasteiger partial charge in [0.1, 0.15) is 6.61 Å². The third kappa shape index (κ3) is 4.04. The fourth-order valence-electron chi connectivity index (χ4n) is 5.81. The number of benzene rings is 1. The Hall–Kier alpha value is -2.38. The number of carbonyl (C=O) groups is 2. The second-order valence-corrected chi connectivity index (χ2v) is 9.74. The van der Waals surface area contributed by atoms with E-state index in [1.807, 2.05) is 13.0 Å². The molecule has 1 aromatic carbocycles. The number of β-amino-alcohol motifs (C(OH)–C–C–N with tert-alkyl or cyclic N) is 1. The van der Waals surface area contributed by atoms with Crippen molar-refractivity contribution in [2.75, 3.05) is 39.3 Å². The lowest BCUT2D eigenvalue weighted by atomic mass is 9.71. The van der Waals surface area contributed by atoms with Gasteiger partial charge >= 0.3 is 11.9 Å². The molecule has 0 aliphatic carbocycles. The number of hydrogen-bond acceptors (Lipinski definition) is 7. The van der Waals surface area contributed by atoms with Gasteiger partial charge in [-0.2, -0.15) is 0 Å². The number of fused-ring (bicyclic) bond motifs is 1. The van der Waals surface area contributed by atoms with Crippen LogP contribution in [0.2, 0.25) is 0 Å². The first-order valence-electron chi connectivity index (χ1n) is 11.8. The van der Waals surface area contributed by atoms with Gasteiger partial charge in [-0.15, -0.1) is 0 Å². The molecule has 1 spiro atoms. The van der Waals surface area contributed by atoms with Gasteiger partial charge in [-0.05, 0) is 68.3 Å². The highest BCUT2D eigenvalue weighted by Crippen LogP contribution is 2.42. The van der Waals surface area contributed by atoms with Gasteiger partial charge in [0.15, 0.2) is 0 Å². The number of aliphatic hydroxyl groups is 1. The van der Waals surface area contributed by atoms with E-state index >= 15 is 0 Å². The molecule has 32 heavy (non-hydrogen) atoms. The van der Waals surface area contributed by atoms with E-state index in [-0.39, 0.29) is 11.9 Å². The summed E-state index contributed by atoms with van der Waals surface area (Å²) in [6.07, 6.45) is 6.55. The molecule has 172 valence electrons. The van der Waals surface area contributed by atoms with Crippen LogP contribution in [0, 0.1) is 12.3 Å². The zero-order chi connectivity index (χ0) is 22.3. The molecule has 2 fully saturated rings. The largest absolute Gasteiger partial charge is 0.462 e. The van der Waals surface area contributed by atoms with Gasteiger partial charge in [0.25, 0.3) is 0 Å². The number of likely N-dealkylation sites (tertiary alicyclic amines) is 2. The van der Waals surface area contributed by atoms with Crippen LogP contribution in [0.5, 0.6) is 0 Å². The lowest BCUT2D eigenvalue weighted by Gasteiger charge is -2.48. The second kappa shape index (κ2) is 8.52. The predicted octanol–water partition coefficient (Wildman–Crippen LogP) is 2.71. The highest BCUT2D eigenvalue weighted by Gasteiger charge is 2.38. The van der Waals surface area contributed by atoms with Crippen molar-refractivity contribution in [1.29, 1.82) is 0 Å². The van der Waals surface area contributed by atoms with Crippen molar-refractivity contribution in [3.8, 4) is 0 Å². The topological polar surface area (TPSA) is 79.3 Å². The first kappa shape index (κ1) is 21.5. The maximum Gasteiger partial charge on any atom is 0.338 e. The molecule has 4 heterocycles. The van der Waals surface area contributed by atoms with Crippen molar-refractivity contribution in [2.45, 2.75) is 51.7 Å². The van der Waals surface area contributed by atoms with Gasteiger partial charge in [-0.1, -0.05) is 6.07 Å². The molecule has 4 aliphatic rings. The molecule has 0 radical (unpaired) electrons. The highest BCUT2D eigenvalue weighted by molar-refractivity contribution is 5.94. The van der Waals surface area contributed by atoms with Crippen LogP contribution in [0.4, 0.5) is 0 Å². The molecule has 0 bridgehead atoms. The lowest BCUT2D eigenvalue weighted by molar-refractivity contribution is -0.139. The molecule has 1 N–H and O–H groups in total. The molecular weight excluding hydrogens is 408 g/mol. The third-order valence-electron chi connectivity index (χ3n) is 8.03. The highest BCUT2D eigenvalue weighted by atomic mass is 16.5. The van der Waals surface area contributed by atoms with Crippen molar-refractivity contribution in [2.24, 2.45) is 5.41 Å². The first-order valence-corrected chi connectivity index (χ1v) is 11.8. The maximum absolute atomic E-state index is 11.8. The van der Waals surface area contributed by atoms with Crippen LogP contribution in [0.25, 0.3) is 0 Å². The van der Waals surface area contributed by atoms with Gasteiger partial charge < -0.3 is 24.4 Å². The molecule has 4 aliphatic heterocycles. The summed E-state index contributed by atoms with van der Waals surface area (Å²) in [4.78, 5) is 28.1. The van der Waals surface area contributed by atoms with Gasteiger partial charge in [-0.3, -0.25) is 0 Å². The minimum Gasteiger partial charge on any atom is -0.462 e. The average Bonchev–Trinajstić information content (AvgIpc) is 3.18. The number of hydrogen-bond donors (Lipinski definition) is 1. The monoisotopic (exact) mass is 440 g/mol. The van der Waals surface area contributed by atoms with E-state index in [0.29, 0.717) is 30.7 Å². The second-order valence-electron chi connectivity index (χ2n) is 9.74. The molecule has 0 saturated carbocycles. The van der Waals surface area contributed by atoms with Crippen LogP contribution in [0.15, 0.2) is 23.9 Å². The quantitative estimate of drug-likeness (QED) is 0.721. The van der Waals surface area contributed by atoms with E-state index in [1.54, 1.807) is 12.1 Å². The van der Waals surface area contributed by atoms with Crippen LogP contribution >= 0.6 is 0 Å². The number of piperidine rings is 2. The van der Waals surface area contributed by atoms with E-state index in [9.17, 15) is 14.7 Å². The van der Waals surface area contributed by atoms with Crippen LogP contribution in [0.3, 0.4) is 0 Å². The summed E-state index contributed by atoms with van der Waals surface area (Å²) in [5.41, 5.74) is 4.93. The Kier molecular flexibility index (Phi) is 5.72. The van der Waals surface area contributed by atoms with Gasteiger partial charge in [-0.25, -0.2) is 9.59 Å². The SMILES string of the molecule is Cc1c(C(O)CN2CCC3(CC2)CCN(C2=CC(=O)OCC2)CC3)ccc2c1COC2=O. The fraction of sp³-hybridized carbons (Fsp3) is 0.600. The summed E-state index contributed by atoms with van der Waals surface area (Å²) in [6, 6.07) is 3.67. The number of carbonyl (C=O) groups excluding carboxylic acids is 2. The number of esters is 2. The molecule has 7 nitrogen and oxygen atoms in total. The number of aliphatic hydroxyl groups excluding tert-OH is 1. The van der Waals surface area contributed by atoms with E-state index in [4.69, 9.17) is 9.47 Å². The minimum atomic E-state index is -0.565.